The highest BCUT2D eigenvalue weighted by Gasteiger charge is 2.39. The topological polar surface area (TPSA) is 121 Å². The Hall–Kier alpha value is -3.79. The van der Waals surface area contributed by atoms with Gasteiger partial charge in [0.15, 0.2) is 0 Å². The van der Waals surface area contributed by atoms with Crippen LogP contribution in [-0.2, 0) is 27.4 Å². The third-order valence-corrected chi connectivity index (χ3v) is 7.41. The monoisotopic (exact) mass is 533 g/mol. The highest BCUT2D eigenvalue weighted by Crippen LogP contribution is 2.31. The molecule has 2 atom stereocenters. The number of nitrogens with zero attached hydrogens (tertiary/aromatic N) is 3. The number of hydrogen-bond donors (Lipinski definition) is 2. The van der Waals surface area contributed by atoms with Crippen molar-refractivity contribution in [2.75, 3.05) is 13.1 Å². The van der Waals surface area contributed by atoms with Crippen LogP contribution < -0.4 is 10.6 Å². The Bertz CT molecular complexity index is 1300. The van der Waals surface area contributed by atoms with Gasteiger partial charge in [0, 0.05) is 49.4 Å². The Labute approximate surface area is 228 Å². The van der Waals surface area contributed by atoms with Crippen LogP contribution >= 0.6 is 0 Å². The quantitative estimate of drug-likeness (QED) is 0.548. The van der Waals surface area contributed by atoms with Crippen molar-refractivity contribution in [3.05, 3.63) is 53.2 Å². The number of aromatic nitrogens is 1. The Kier molecular flexibility index (Phi) is 7.40. The second kappa shape index (κ2) is 10.8. The lowest BCUT2D eigenvalue weighted by Crippen LogP contribution is -2.52. The summed E-state index contributed by atoms with van der Waals surface area (Å²) in [5.41, 5.74) is 3.73. The number of alkyl carbamates (subject to hydrolysis) is 1. The van der Waals surface area contributed by atoms with Crippen molar-refractivity contribution in [3.63, 3.8) is 0 Å². The fourth-order valence-corrected chi connectivity index (χ4v) is 5.55. The zero-order valence-corrected chi connectivity index (χ0v) is 22.7. The van der Waals surface area contributed by atoms with E-state index in [1.807, 2.05) is 39.0 Å². The van der Waals surface area contributed by atoms with E-state index < -0.39 is 23.6 Å². The van der Waals surface area contributed by atoms with Gasteiger partial charge in [-0.2, -0.15) is 0 Å². The minimum absolute atomic E-state index is 0.187. The van der Waals surface area contributed by atoms with Gasteiger partial charge in [0.25, 0.3) is 5.91 Å². The van der Waals surface area contributed by atoms with Gasteiger partial charge >= 0.3 is 6.09 Å². The Morgan fingerprint density at radius 2 is 1.97 bits per heavy atom. The molecule has 2 aromatic rings. The average Bonchev–Trinajstić information content (AvgIpc) is 3.45. The van der Waals surface area contributed by atoms with Crippen LogP contribution in [0.1, 0.15) is 67.9 Å². The van der Waals surface area contributed by atoms with Gasteiger partial charge in [0.2, 0.25) is 11.8 Å². The minimum atomic E-state index is -0.634. The molecule has 1 aromatic carbocycles. The van der Waals surface area contributed by atoms with E-state index in [4.69, 9.17) is 4.74 Å². The van der Waals surface area contributed by atoms with E-state index in [1.54, 1.807) is 17.2 Å². The summed E-state index contributed by atoms with van der Waals surface area (Å²) in [5, 5.41) is 5.24. The molecule has 4 heterocycles. The Balaban J connectivity index is 1.25. The second-order valence-corrected chi connectivity index (χ2v) is 11.5. The van der Waals surface area contributed by atoms with Gasteiger partial charge in [0.1, 0.15) is 11.6 Å². The molecule has 0 aliphatic carbocycles. The molecule has 4 amide bonds. The molecule has 3 aliphatic rings. The molecule has 5 rings (SSSR count). The maximum absolute atomic E-state index is 13.0. The van der Waals surface area contributed by atoms with Crippen LogP contribution in [0.15, 0.2) is 36.5 Å². The molecular weight excluding hydrogens is 498 g/mol. The summed E-state index contributed by atoms with van der Waals surface area (Å²) in [4.78, 5) is 57.5. The molecule has 1 unspecified atom stereocenters. The summed E-state index contributed by atoms with van der Waals surface area (Å²) in [6, 6.07) is 9.32. The molecule has 0 saturated carbocycles. The third-order valence-electron chi connectivity index (χ3n) is 7.41. The predicted octanol–water partition coefficient (Wildman–Crippen LogP) is 3.00. The molecule has 206 valence electrons. The average molecular weight is 534 g/mol. The van der Waals surface area contributed by atoms with Crippen molar-refractivity contribution in [1.82, 2.24) is 25.4 Å². The number of fused-ring (bicyclic) bond motifs is 1. The van der Waals surface area contributed by atoms with Crippen molar-refractivity contribution in [2.24, 2.45) is 0 Å². The molecule has 3 aliphatic heterocycles. The molecule has 0 bridgehead atoms. The van der Waals surface area contributed by atoms with Crippen molar-refractivity contribution in [1.29, 1.82) is 0 Å². The second-order valence-electron chi connectivity index (χ2n) is 11.5. The zero-order chi connectivity index (χ0) is 27.7. The molecule has 39 heavy (non-hydrogen) atoms. The summed E-state index contributed by atoms with van der Waals surface area (Å²) < 4.78 is 5.37. The highest BCUT2D eigenvalue weighted by atomic mass is 16.6. The van der Waals surface area contributed by atoms with Gasteiger partial charge in [-0.1, -0.05) is 6.07 Å². The third kappa shape index (κ3) is 6.11. The van der Waals surface area contributed by atoms with Crippen LogP contribution in [0.2, 0.25) is 0 Å². The van der Waals surface area contributed by atoms with Crippen LogP contribution in [-0.4, -0.2) is 69.4 Å². The van der Waals surface area contributed by atoms with Crippen LogP contribution in [0.5, 0.6) is 0 Å². The standard InChI is InChI=1S/C29H35N5O5/c1-29(2,3)39-28(38)31-15-21-5-4-12-33(21)16-18-10-11-30-23(13-18)19-6-7-22-20(14-19)17-34(27(22)37)24-8-9-25(35)32-26(24)36/h6-7,10-11,13-14,21,24H,4-5,8-9,12,15-17H2,1-3H3,(H,31,38)(H,32,35,36)/t21-,24?/m0/s1. The lowest BCUT2D eigenvalue weighted by Gasteiger charge is -2.29. The number of nitrogens with one attached hydrogen (secondary N) is 2. The molecule has 10 heteroatoms. The fourth-order valence-electron chi connectivity index (χ4n) is 5.55. The number of pyridine rings is 1. The minimum Gasteiger partial charge on any atom is -0.444 e. The van der Waals surface area contributed by atoms with Gasteiger partial charge in [-0.25, -0.2) is 4.79 Å². The first kappa shape index (κ1) is 26.8. The van der Waals surface area contributed by atoms with E-state index in [1.165, 1.54) is 0 Å². The largest absolute Gasteiger partial charge is 0.444 e. The summed E-state index contributed by atoms with van der Waals surface area (Å²) in [6.45, 7) is 8.11. The number of likely N-dealkylation sites (tertiary alicyclic amines) is 1. The van der Waals surface area contributed by atoms with E-state index in [0.29, 0.717) is 25.1 Å². The van der Waals surface area contributed by atoms with E-state index in [9.17, 15) is 19.2 Å². The van der Waals surface area contributed by atoms with E-state index >= 15 is 0 Å². The number of piperidine rings is 1. The molecule has 0 radical (unpaired) electrons. The van der Waals surface area contributed by atoms with Gasteiger partial charge in [-0.3, -0.25) is 29.6 Å². The summed E-state index contributed by atoms with van der Waals surface area (Å²) in [5.74, 6) is -0.899. The van der Waals surface area contributed by atoms with E-state index in [-0.39, 0.29) is 24.3 Å². The van der Waals surface area contributed by atoms with Gasteiger partial charge in [-0.15, -0.1) is 0 Å². The maximum atomic E-state index is 13.0. The number of amides is 4. The zero-order valence-electron chi connectivity index (χ0n) is 22.7. The van der Waals surface area contributed by atoms with Crippen LogP contribution in [0, 0.1) is 0 Å². The molecule has 2 N–H and O–H groups in total. The van der Waals surface area contributed by atoms with Crippen LogP contribution in [0.25, 0.3) is 11.3 Å². The van der Waals surface area contributed by atoms with Gasteiger partial charge < -0.3 is 15.0 Å². The lowest BCUT2D eigenvalue weighted by atomic mass is 10.0. The number of ether oxygens (including phenoxy) is 1. The molecule has 2 fully saturated rings. The SMILES string of the molecule is CC(C)(C)OC(=O)NC[C@@H]1CCCN1Cc1ccnc(-c2ccc3c(c2)CN(C2CCC(=O)NC2=O)C3=O)c1. The molecule has 1 aromatic heterocycles. The smallest absolute Gasteiger partial charge is 0.407 e. The number of benzene rings is 1. The van der Waals surface area contributed by atoms with Crippen molar-refractivity contribution in [3.8, 4) is 11.3 Å². The first-order valence-corrected chi connectivity index (χ1v) is 13.5. The normalized spacial score (nSPS) is 21.6. The number of hydrogen-bond acceptors (Lipinski definition) is 7. The maximum Gasteiger partial charge on any atom is 0.407 e. The van der Waals surface area contributed by atoms with Crippen molar-refractivity contribution < 1.29 is 23.9 Å². The lowest BCUT2D eigenvalue weighted by molar-refractivity contribution is -0.136. The molecule has 2 saturated heterocycles. The van der Waals surface area contributed by atoms with Crippen LogP contribution in [0.3, 0.4) is 0 Å². The van der Waals surface area contributed by atoms with E-state index in [2.05, 4.69) is 26.6 Å². The van der Waals surface area contributed by atoms with E-state index in [0.717, 1.165) is 48.3 Å². The number of carbonyl (C=O) groups is 4. The summed E-state index contributed by atoms with van der Waals surface area (Å²) in [7, 11) is 0. The highest BCUT2D eigenvalue weighted by molar-refractivity contribution is 6.05. The Morgan fingerprint density at radius 3 is 2.74 bits per heavy atom. The fraction of sp³-hybridized carbons (Fsp3) is 0.483. The number of imide groups is 1. The van der Waals surface area contributed by atoms with Gasteiger partial charge in [-0.05, 0) is 82.0 Å². The number of rotatable bonds is 6. The molecule has 10 nitrogen and oxygen atoms in total. The Morgan fingerprint density at radius 1 is 1.15 bits per heavy atom. The van der Waals surface area contributed by atoms with Gasteiger partial charge in [0.05, 0.1) is 5.69 Å². The molecule has 0 spiro atoms. The summed E-state index contributed by atoms with van der Waals surface area (Å²) >= 11 is 0. The van der Waals surface area contributed by atoms with Crippen molar-refractivity contribution in [2.45, 2.75) is 77.2 Å². The number of carbonyl (C=O) groups excluding carboxylic acids is 4. The van der Waals surface area contributed by atoms with Crippen molar-refractivity contribution >= 4 is 23.8 Å². The van der Waals surface area contributed by atoms with Crippen LogP contribution in [0.4, 0.5) is 4.79 Å². The summed E-state index contributed by atoms with van der Waals surface area (Å²) in [6.07, 6.45) is 4.05. The molecular formula is C29H35N5O5. The predicted molar refractivity (Wildman–Crippen MR) is 143 cm³/mol. The first-order chi connectivity index (χ1) is 18.6. The first-order valence-electron chi connectivity index (χ1n) is 13.5.